The van der Waals surface area contributed by atoms with Crippen LogP contribution >= 0.6 is 0 Å². The van der Waals surface area contributed by atoms with Crippen molar-refractivity contribution < 1.29 is 4.79 Å². The van der Waals surface area contributed by atoms with Crippen LogP contribution in [0.1, 0.15) is 52.5 Å². The second kappa shape index (κ2) is 8.72. The highest BCUT2D eigenvalue weighted by atomic mass is 16.2. The second-order valence-corrected chi connectivity index (χ2v) is 7.76. The molecule has 0 saturated carbocycles. The molecule has 4 heteroatoms. The van der Waals surface area contributed by atoms with Crippen molar-refractivity contribution in [2.45, 2.75) is 53.0 Å². The number of hydrogen-bond donors (Lipinski definition) is 1. The van der Waals surface area contributed by atoms with Gasteiger partial charge in [-0.25, -0.2) is 0 Å². The molecule has 2 rings (SSSR count). The highest BCUT2D eigenvalue weighted by molar-refractivity contribution is 5.94. The summed E-state index contributed by atoms with van der Waals surface area (Å²) in [6, 6.07) is 6.57. The van der Waals surface area contributed by atoms with Crippen LogP contribution in [-0.2, 0) is 4.79 Å². The Hall–Kier alpha value is -1.81. The highest BCUT2D eigenvalue weighted by Gasteiger charge is 2.40. The van der Waals surface area contributed by atoms with Gasteiger partial charge in [0, 0.05) is 37.9 Å². The van der Waals surface area contributed by atoms with Gasteiger partial charge in [-0.2, -0.15) is 0 Å². The Morgan fingerprint density at radius 2 is 2.08 bits per heavy atom. The van der Waals surface area contributed by atoms with E-state index < -0.39 is 0 Å². The maximum Gasteiger partial charge on any atom is 0.224 e. The number of rotatable bonds is 7. The van der Waals surface area contributed by atoms with Crippen LogP contribution in [0.25, 0.3) is 0 Å². The van der Waals surface area contributed by atoms with E-state index in [4.69, 9.17) is 5.73 Å². The van der Waals surface area contributed by atoms with E-state index in [9.17, 15) is 4.79 Å². The summed E-state index contributed by atoms with van der Waals surface area (Å²) in [7, 11) is 0. The normalized spacial score (nSPS) is 22.3. The van der Waals surface area contributed by atoms with Crippen LogP contribution in [0.5, 0.6) is 0 Å². The van der Waals surface area contributed by atoms with E-state index in [1.807, 2.05) is 11.0 Å². The van der Waals surface area contributed by atoms with Gasteiger partial charge in [0.15, 0.2) is 0 Å². The average molecular weight is 358 g/mol. The van der Waals surface area contributed by atoms with E-state index >= 15 is 0 Å². The van der Waals surface area contributed by atoms with Crippen molar-refractivity contribution in [3.05, 3.63) is 36.4 Å². The molecule has 1 aliphatic rings. The first-order valence-electron chi connectivity index (χ1n) is 9.88. The lowest BCUT2D eigenvalue weighted by atomic mass is 9.71. The maximum atomic E-state index is 12.4. The molecular weight excluding hydrogens is 322 g/mol. The van der Waals surface area contributed by atoms with Crippen molar-refractivity contribution in [3.63, 3.8) is 0 Å². The van der Waals surface area contributed by atoms with Crippen LogP contribution < -0.4 is 15.5 Å². The lowest BCUT2D eigenvalue weighted by Crippen LogP contribution is -2.48. The van der Waals surface area contributed by atoms with Gasteiger partial charge in [-0.15, -0.1) is 6.58 Å². The molecular formula is C22H35N3O. The van der Waals surface area contributed by atoms with Crippen LogP contribution in [-0.4, -0.2) is 31.6 Å². The van der Waals surface area contributed by atoms with Gasteiger partial charge in [0.25, 0.3) is 0 Å². The van der Waals surface area contributed by atoms with Crippen molar-refractivity contribution in [2.75, 3.05) is 29.4 Å². The molecule has 3 atom stereocenters. The Morgan fingerprint density at radius 1 is 1.38 bits per heavy atom. The Bertz CT molecular complexity index is 634. The minimum Gasteiger partial charge on any atom is -0.370 e. The third-order valence-corrected chi connectivity index (χ3v) is 5.59. The molecule has 0 aromatic heterocycles. The summed E-state index contributed by atoms with van der Waals surface area (Å²) in [4.78, 5) is 16.7. The van der Waals surface area contributed by atoms with Crippen molar-refractivity contribution in [2.24, 2.45) is 17.6 Å². The maximum absolute atomic E-state index is 12.4. The zero-order chi connectivity index (χ0) is 19.4. The molecule has 4 nitrogen and oxygen atoms in total. The van der Waals surface area contributed by atoms with Gasteiger partial charge in [0.05, 0.1) is 6.04 Å². The lowest BCUT2D eigenvalue weighted by molar-refractivity contribution is -0.117. The third-order valence-electron chi connectivity index (χ3n) is 5.59. The van der Waals surface area contributed by atoms with Gasteiger partial charge < -0.3 is 15.5 Å². The smallest absolute Gasteiger partial charge is 0.224 e. The predicted octanol–water partition coefficient (Wildman–Crippen LogP) is 4.16. The molecule has 1 heterocycles. The largest absolute Gasteiger partial charge is 0.370 e. The van der Waals surface area contributed by atoms with E-state index in [2.05, 4.69) is 57.4 Å². The Labute approximate surface area is 159 Å². The number of hydrogen-bond acceptors (Lipinski definition) is 3. The zero-order valence-corrected chi connectivity index (χ0v) is 17.0. The molecule has 1 aromatic rings. The average Bonchev–Trinajstić information content (AvgIpc) is 2.59. The number of anilines is 2. The molecule has 0 bridgehead atoms. The minimum atomic E-state index is 0.0361. The quantitative estimate of drug-likeness (QED) is 0.746. The van der Waals surface area contributed by atoms with Crippen molar-refractivity contribution in [3.8, 4) is 0 Å². The summed E-state index contributed by atoms with van der Waals surface area (Å²) in [5.41, 5.74) is 9.34. The van der Waals surface area contributed by atoms with Gasteiger partial charge in [-0.05, 0) is 47.9 Å². The van der Waals surface area contributed by atoms with E-state index in [1.54, 1.807) is 6.92 Å². The topological polar surface area (TPSA) is 49.6 Å². The molecule has 0 saturated heterocycles. The van der Waals surface area contributed by atoms with Gasteiger partial charge in [-0.3, -0.25) is 4.79 Å². The highest BCUT2D eigenvalue weighted by Crippen LogP contribution is 2.47. The third kappa shape index (κ3) is 3.80. The van der Waals surface area contributed by atoms with Crippen LogP contribution in [0.15, 0.2) is 30.9 Å². The Balaban J connectivity index is 2.60. The first kappa shape index (κ1) is 20.5. The molecule has 3 unspecified atom stereocenters. The number of nitrogens with zero attached hydrogens (tertiary/aromatic N) is 2. The molecule has 0 aliphatic carbocycles. The standard InChI is InChI=1S/C22H35N3O/c1-7-12-24(13-11-23)18-9-10-21-19(14-18)22(15(3)4)16(5)20(8-2)25(21)17(6)26/h8-10,14-16,20,22H,2,7,11-13,23H2,1,3-6H3. The number of carbonyl (C=O) groups excluding carboxylic acids is 1. The predicted molar refractivity (Wildman–Crippen MR) is 112 cm³/mol. The molecule has 26 heavy (non-hydrogen) atoms. The Kier molecular flexibility index (Phi) is 6.87. The van der Waals surface area contributed by atoms with Gasteiger partial charge in [-0.1, -0.05) is 33.8 Å². The zero-order valence-electron chi connectivity index (χ0n) is 17.0. The summed E-state index contributed by atoms with van der Waals surface area (Å²) in [5, 5.41) is 0. The van der Waals surface area contributed by atoms with Crippen molar-refractivity contribution in [1.29, 1.82) is 0 Å². The van der Waals surface area contributed by atoms with Crippen molar-refractivity contribution >= 4 is 17.3 Å². The van der Waals surface area contributed by atoms with Gasteiger partial charge >= 0.3 is 0 Å². The molecule has 144 valence electrons. The lowest BCUT2D eigenvalue weighted by Gasteiger charge is -2.46. The summed E-state index contributed by atoms with van der Waals surface area (Å²) < 4.78 is 0. The molecule has 1 aliphatic heterocycles. The second-order valence-electron chi connectivity index (χ2n) is 7.76. The fourth-order valence-electron chi connectivity index (χ4n) is 4.58. The Morgan fingerprint density at radius 3 is 2.58 bits per heavy atom. The molecule has 1 amide bonds. The van der Waals surface area contributed by atoms with E-state index in [0.717, 1.165) is 25.2 Å². The summed E-state index contributed by atoms with van der Waals surface area (Å²) in [6.07, 6.45) is 3.01. The molecule has 0 radical (unpaired) electrons. The van der Waals surface area contributed by atoms with Gasteiger partial charge in [0.1, 0.15) is 0 Å². The van der Waals surface area contributed by atoms with Crippen LogP contribution in [0.3, 0.4) is 0 Å². The number of carbonyl (C=O) groups is 1. The van der Waals surface area contributed by atoms with Crippen LogP contribution in [0.2, 0.25) is 0 Å². The number of nitrogens with two attached hydrogens (primary N) is 1. The molecule has 0 fully saturated rings. The number of fused-ring (bicyclic) bond motifs is 1. The molecule has 0 spiro atoms. The molecule has 2 N–H and O–H groups in total. The SMILES string of the molecule is C=CC1C(C)C(C(C)C)c2cc(N(CCC)CCN)ccc2N1C(C)=O. The fourth-order valence-corrected chi connectivity index (χ4v) is 4.58. The number of benzene rings is 1. The summed E-state index contributed by atoms with van der Waals surface area (Å²) >= 11 is 0. The van der Waals surface area contributed by atoms with E-state index in [1.165, 1.54) is 11.3 Å². The summed E-state index contributed by atoms with van der Waals surface area (Å²) in [6.45, 7) is 17.1. The summed E-state index contributed by atoms with van der Waals surface area (Å²) in [5.74, 6) is 1.29. The number of amides is 1. The van der Waals surface area contributed by atoms with E-state index in [0.29, 0.717) is 24.3 Å². The van der Waals surface area contributed by atoms with Crippen molar-refractivity contribution in [1.82, 2.24) is 0 Å². The first-order valence-corrected chi connectivity index (χ1v) is 9.88. The van der Waals surface area contributed by atoms with Crippen LogP contribution in [0.4, 0.5) is 11.4 Å². The minimum absolute atomic E-state index is 0.0361. The molecule has 1 aromatic carbocycles. The van der Waals surface area contributed by atoms with E-state index in [-0.39, 0.29) is 11.9 Å². The first-order chi connectivity index (χ1) is 12.4. The van der Waals surface area contributed by atoms with Gasteiger partial charge in [0.2, 0.25) is 5.91 Å². The monoisotopic (exact) mass is 357 g/mol. The fraction of sp³-hybridized carbons (Fsp3) is 0.591. The van der Waals surface area contributed by atoms with Crippen LogP contribution in [0, 0.1) is 11.8 Å².